The van der Waals surface area contributed by atoms with Crippen LogP contribution in [0.5, 0.6) is 0 Å². The maximum absolute atomic E-state index is 11.3. The lowest BCUT2D eigenvalue weighted by Gasteiger charge is -2.17. The topological polar surface area (TPSA) is 54.0 Å². The Morgan fingerprint density at radius 2 is 1.32 bits per heavy atom. The maximum Gasteiger partial charge on any atom is 0.318 e. The molecule has 0 spiro atoms. The molecule has 0 unspecified atom stereocenters. The fourth-order valence-corrected chi connectivity index (χ4v) is 2.59. The number of hydrogen-bond acceptors (Lipinski definition) is 5. The minimum absolute atomic E-state index is 0.000958. The van der Waals surface area contributed by atoms with E-state index < -0.39 is 16.6 Å². The molecule has 0 aromatic heterocycles. The van der Waals surface area contributed by atoms with Crippen molar-refractivity contribution < 1.29 is 23.1 Å². The molecular formula is C12H28O5Si2. The van der Waals surface area contributed by atoms with Crippen LogP contribution in [0, 0.1) is 0 Å². The second kappa shape index (κ2) is 8.86. The Balaban J connectivity index is 3.35. The molecule has 0 aliphatic carbocycles. The van der Waals surface area contributed by atoms with Gasteiger partial charge in [0, 0.05) is 0 Å². The Morgan fingerprint density at radius 3 is 1.84 bits per heavy atom. The number of carbonyl (C=O) groups excluding carboxylic acids is 1. The van der Waals surface area contributed by atoms with Gasteiger partial charge in [0.25, 0.3) is 0 Å². The summed E-state index contributed by atoms with van der Waals surface area (Å²) in [6.45, 7) is 14.4. The molecule has 0 saturated heterocycles. The van der Waals surface area contributed by atoms with Gasteiger partial charge < -0.3 is 18.3 Å². The van der Waals surface area contributed by atoms with Gasteiger partial charge in [-0.05, 0) is 39.3 Å². The van der Waals surface area contributed by atoms with E-state index in [-0.39, 0.29) is 12.6 Å². The highest BCUT2D eigenvalue weighted by atomic mass is 28.4. The molecule has 0 atom stereocenters. The summed E-state index contributed by atoms with van der Waals surface area (Å²) in [4.78, 5) is 11.3. The van der Waals surface area contributed by atoms with Crippen LogP contribution in [0.4, 0.5) is 0 Å². The van der Waals surface area contributed by atoms with E-state index in [0.29, 0.717) is 26.4 Å². The highest BCUT2D eigenvalue weighted by Crippen LogP contribution is 2.03. The van der Waals surface area contributed by atoms with E-state index in [0.717, 1.165) is 0 Å². The van der Waals surface area contributed by atoms with Crippen molar-refractivity contribution in [2.24, 2.45) is 0 Å². The van der Waals surface area contributed by atoms with Crippen LogP contribution >= 0.6 is 0 Å². The van der Waals surface area contributed by atoms with Crippen LogP contribution in [0.1, 0.15) is 0 Å². The monoisotopic (exact) mass is 308 g/mol. The lowest BCUT2D eigenvalue weighted by atomic mass is 10.7. The third kappa shape index (κ3) is 15.7. The summed E-state index contributed by atoms with van der Waals surface area (Å²) in [7, 11) is -3.24. The van der Waals surface area contributed by atoms with E-state index in [4.69, 9.17) is 18.3 Å². The van der Waals surface area contributed by atoms with Crippen LogP contribution in [0.2, 0.25) is 39.3 Å². The molecule has 114 valence electrons. The molecule has 0 saturated carbocycles. The van der Waals surface area contributed by atoms with Crippen molar-refractivity contribution in [2.45, 2.75) is 39.3 Å². The first kappa shape index (κ1) is 18.8. The van der Waals surface area contributed by atoms with Gasteiger partial charge in [-0.15, -0.1) is 0 Å². The molecule has 7 heteroatoms. The normalized spacial score (nSPS) is 12.5. The Hall–Kier alpha value is -0.216. The second-order valence-electron chi connectivity index (χ2n) is 6.21. The molecule has 0 aliphatic heterocycles. The van der Waals surface area contributed by atoms with E-state index in [2.05, 4.69) is 19.6 Å². The fraction of sp³-hybridized carbons (Fsp3) is 0.917. The maximum atomic E-state index is 11.3. The van der Waals surface area contributed by atoms with E-state index in [1.807, 2.05) is 19.6 Å². The summed E-state index contributed by atoms with van der Waals surface area (Å²) in [6, 6.07) is 0. The van der Waals surface area contributed by atoms with Crippen molar-refractivity contribution in [3.63, 3.8) is 0 Å². The standard InChI is InChI=1S/C12H28O5Si2/c1-18(2,3)16-10-9-14-7-8-15-11-12(13)17-19(4,5)6/h7-11H2,1-6H3. The van der Waals surface area contributed by atoms with Gasteiger partial charge in [0.15, 0.2) is 8.32 Å². The molecule has 0 bridgehead atoms. The van der Waals surface area contributed by atoms with Gasteiger partial charge in [-0.3, -0.25) is 4.79 Å². The lowest BCUT2D eigenvalue weighted by Crippen LogP contribution is -2.31. The van der Waals surface area contributed by atoms with E-state index in [1.54, 1.807) is 0 Å². The fourth-order valence-electron chi connectivity index (χ4n) is 1.15. The zero-order valence-electron chi connectivity index (χ0n) is 13.1. The van der Waals surface area contributed by atoms with Crippen molar-refractivity contribution in [3.8, 4) is 0 Å². The highest BCUT2D eigenvalue weighted by Gasteiger charge is 2.19. The van der Waals surface area contributed by atoms with Gasteiger partial charge in [0.2, 0.25) is 8.32 Å². The van der Waals surface area contributed by atoms with E-state index in [9.17, 15) is 4.79 Å². The van der Waals surface area contributed by atoms with Crippen LogP contribution < -0.4 is 0 Å². The first-order chi connectivity index (χ1) is 8.60. The molecule has 0 aromatic carbocycles. The minimum atomic E-state index is -1.80. The van der Waals surface area contributed by atoms with Crippen LogP contribution in [0.15, 0.2) is 0 Å². The third-order valence-electron chi connectivity index (χ3n) is 1.77. The molecule has 0 N–H and O–H groups in total. The molecule has 19 heavy (non-hydrogen) atoms. The van der Waals surface area contributed by atoms with Gasteiger partial charge in [0.05, 0.1) is 26.4 Å². The SMILES string of the molecule is C[Si](C)(C)OCCOCCOCC(=O)O[Si](C)(C)C. The molecule has 0 aromatic rings. The number of rotatable bonds is 10. The van der Waals surface area contributed by atoms with Crippen molar-refractivity contribution in [1.29, 1.82) is 0 Å². The average molecular weight is 309 g/mol. The molecule has 0 radical (unpaired) electrons. The first-order valence-corrected chi connectivity index (χ1v) is 13.4. The first-order valence-electron chi connectivity index (χ1n) is 6.61. The lowest BCUT2D eigenvalue weighted by molar-refractivity contribution is -0.140. The summed E-state index contributed by atoms with van der Waals surface area (Å²) in [5.41, 5.74) is 0. The predicted octanol–water partition coefficient (Wildman–Crippen LogP) is 2.25. The van der Waals surface area contributed by atoms with Gasteiger partial charge in [0.1, 0.15) is 6.61 Å². The van der Waals surface area contributed by atoms with Gasteiger partial charge in [-0.1, -0.05) is 0 Å². The number of hydrogen-bond donors (Lipinski definition) is 0. The summed E-state index contributed by atoms with van der Waals surface area (Å²) < 4.78 is 21.4. The summed E-state index contributed by atoms with van der Waals surface area (Å²) >= 11 is 0. The smallest absolute Gasteiger partial charge is 0.318 e. The third-order valence-corrected chi connectivity index (χ3v) is 3.68. The van der Waals surface area contributed by atoms with Gasteiger partial charge in [-0.25, -0.2) is 0 Å². The molecule has 0 aliphatic rings. The molecule has 0 fully saturated rings. The quantitative estimate of drug-likeness (QED) is 0.458. The van der Waals surface area contributed by atoms with Crippen molar-refractivity contribution in [2.75, 3.05) is 33.0 Å². The van der Waals surface area contributed by atoms with E-state index in [1.165, 1.54) is 0 Å². The Kier molecular flexibility index (Phi) is 8.76. The second-order valence-corrected chi connectivity index (χ2v) is 15.2. The number of carbonyl (C=O) groups is 1. The van der Waals surface area contributed by atoms with Crippen LogP contribution in [-0.4, -0.2) is 55.6 Å². The largest absolute Gasteiger partial charge is 0.518 e. The van der Waals surface area contributed by atoms with Crippen molar-refractivity contribution >= 4 is 22.6 Å². The molecule has 0 heterocycles. The van der Waals surface area contributed by atoms with Crippen LogP contribution in [0.25, 0.3) is 0 Å². The van der Waals surface area contributed by atoms with E-state index >= 15 is 0 Å². The van der Waals surface area contributed by atoms with Crippen LogP contribution in [-0.2, 0) is 23.1 Å². The molecule has 5 nitrogen and oxygen atoms in total. The van der Waals surface area contributed by atoms with Crippen molar-refractivity contribution in [3.05, 3.63) is 0 Å². The summed E-state index contributed by atoms with van der Waals surface area (Å²) in [5.74, 6) is -0.291. The van der Waals surface area contributed by atoms with Crippen LogP contribution in [0.3, 0.4) is 0 Å². The molecule has 0 rings (SSSR count). The Morgan fingerprint density at radius 1 is 0.789 bits per heavy atom. The van der Waals surface area contributed by atoms with Crippen molar-refractivity contribution in [1.82, 2.24) is 0 Å². The Bertz CT molecular complexity index is 258. The Labute approximate surface area is 118 Å². The highest BCUT2D eigenvalue weighted by molar-refractivity contribution is 6.71. The minimum Gasteiger partial charge on any atom is -0.518 e. The summed E-state index contributed by atoms with van der Waals surface area (Å²) in [6.07, 6.45) is 0. The predicted molar refractivity (Wildman–Crippen MR) is 80.4 cm³/mol. The number of ether oxygens (including phenoxy) is 2. The summed E-state index contributed by atoms with van der Waals surface area (Å²) in [5, 5.41) is 0. The molecular weight excluding hydrogens is 280 g/mol. The molecule has 0 amide bonds. The zero-order chi connectivity index (χ0) is 14.9. The average Bonchev–Trinajstić information content (AvgIpc) is 2.17. The van der Waals surface area contributed by atoms with Gasteiger partial charge >= 0.3 is 5.97 Å². The van der Waals surface area contributed by atoms with Gasteiger partial charge in [-0.2, -0.15) is 0 Å². The zero-order valence-corrected chi connectivity index (χ0v) is 15.1.